The Morgan fingerprint density at radius 1 is 1.09 bits per heavy atom. The number of pyridine rings is 1. The maximum absolute atomic E-state index is 14.0. The van der Waals surface area contributed by atoms with Crippen LogP contribution in [-0.2, 0) is 5.44 Å². The first-order chi connectivity index (χ1) is 22.4. The van der Waals surface area contributed by atoms with Gasteiger partial charge in [-0.15, -0.1) is 5.10 Å². The largest absolute Gasteiger partial charge is 0.378 e. The summed E-state index contributed by atoms with van der Waals surface area (Å²) in [6.07, 6.45) is 9.06. The number of fused-ring (bicyclic) bond motifs is 1. The van der Waals surface area contributed by atoms with Gasteiger partial charge in [0.25, 0.3) is 0 Å². The number of nitrogens with zero attached hydrogens (tertiary/aromatic N) is 6. The molecule has 7 rings (SSSR count). The Bertz CT molecular complexity index is 1880. The summed E-state index contributed by atoms with van der Waals surface area (Å²) < 4.78 is 15.9. The topological polar surface area (TPSA) is 94.7 Å². The Kier molecular flexibility index (Phi) is 8.37. The predicted octanol–water partition coefficient (Wildman–Crippen LogP) is 6.41. The molecular weight excluding hydrogens is 598 g/mol. The zero-order chi connectivity index (χ0) is 31.7. The summed E-state index contributed by atoms with van der Waals surface area (Å²) in [5, 5.41) is 27.8. The minimum absolute atomic E-state index is 0.0307. The van der Waals surface area contributed by atoms with Crippen LogP contribution in [0.4, 0.5) is 15.8 Å². The first-order valence-corrected chi connectivity index (χ1v) is 16.3. The molecule has 5 aromatic rings. The Labute approximate surface area is 274 Å². The average molecular weight is 633 g/mol. The smallest absolute Gasteiger partial charge is 0.148 e. The standard InChI is InChI=1S/C35H35BClFN8/c36-35(25-8-10-26(38)11-9-25,32-22-46(44-43-32)28-12-13-28)42-27-18-29-33(24(20-39)21-40-34(29)30(37)19-27)41-31(23-6-2-1-3-7-23)14-17-45-15-4-5-16-45/h1-3,6-11,18-19,21-22,28,31,42H,4-5,12-17,36H2,(H,40,41)/t31-,35+/m1/s1. The molecule has 0 amide bonds. The van der Waals surface area contributed by atoms with E-state index in [0.29, 0.717) is 39.2 Å². The molecule has 2 aromatic heterocycles. The van der Waals surface area contributed by atoms with Crippen LogP contribution in [0.15, 0.2) is 79.1 Å². The number of anilines is 2. The van der Waals surface area contributed by atoms with E-state index in [9.17, 15) is 9.65 Å². The van der Waals surface area contributed by atoms with Gasteiger partial charge in [0.05, 0.1) is 45.5 Å². The molecule has 1 saturated carbocycles. The van der Waals surface area contributed by atoms with Crippen molar-refractivity contribution in [2.45, 2.75) is 49.6 Å². The molecule has 8 nitrogen and oxygen atoms in total. The fourth-order valence-electron chi connectivity index (χ4n) is 6.45. The molecule has 0 spiro atoms. The molecule has 1 aliphatic heterocycles. The zero-order valence-corrected chi connectivity index (χ0v) is 26.5. The lowest BCUT2D eigenvalue weighted by atomic mass is 9.69. The summed E-state index contributed by atoms with van der Waals surface area (Å²) >= 11 is 6.92. The fourth-order valence-corrected chi connectivity index (χ4v) is 6.72. The number of halogens is 2. The van der Waals surface area contributed by atoms with Gasteiger partial charge in [0.15, 0.2) is 0 Å². The van der Waals surface area contributed by atoms with E-state index in [4.69, 9.17) is 11.6 Å². The maximum atomic E-state index is 14.0. The van der Waals surface area contributed by atoms with Crippen LogP contribution in [-0.4, -0.2) is 52.4 Å². The predicted molar refractivity (Wildman–Crippen MR) is 182 cm³/mol. The third-order valence-electron chi connectivity index (χ3n) is 9.26. The molecule has 3 heterocycles. The van der Waals surface area contributed by atoms with Crippen molar-refractivity contribution >= 4 is 41.7 Å². The van der Waals surface area contributed by atoms with Crippen LogP contribution in [0.5, 0.6) is 0 Å². The van der Waals surface area contributed by atoms with Crippen LogP contribution in [0.2, 0.25) is 5.02 Å². The first kappa shape index (κ1) is 30.2. The fraction of sp³-hybridized carbons (Fsp3) is 0.314. The van der Waals surface area contributed by atoms with Crippen LogP contribution in [0.25, 0.3) is 10.9 Å². The summed E-state index contributed by atoms with van der Waals surface area (Å²) in [5.74, 6) is -0.315. The lowest BCUT2D eigenvalue weighted by molar-refractivity contribution is 0.326. The lowest BCUT2D eigenvalue weighted by Gasteiger charge is -2.31. The normalized spacial score (nSPS) is 17.0. The van der Waals surface area contributed by atoms with Crippen LogP contribution in [0.3, 0.4) is 0 Å². The highest BCUT2D eigenvalue weighted by Gasteiger charge is 2.34. The number of hydrogen-bond donors (Lipinski definition) is 2. The number of nitrogens with one attached hydrogen (secondary N) is 2. The second kappa shape index (κ2) is 12.7. The molecule has 46 heavy (non-hydrogen) atoms. The zero-order valence-electron chi connectivity index (χ0n) is 25.8. The molecule has 2 fully saturated rings. The van der Waals surface area contributed by atoms with Gasteiger partial charge < -0.3 is 15.5 Å². The van der Waals surface area contributed by atoms with Gasteiger partial charge in [0.2, 0.25) is 0 Å². The summed E-state index contributed by atoms with van der Waals surface area (Å²) in [5.41, 5.74) is 4.25. The van der Waals surface area contributed by atoms with Gasteiger partial charge in [0.1, 0.15) is 25.4 Å². The van der Waals surface area contributed by atoms with Gasteiger partial charge in [-0.25, -0.2) is 9.07 Å². The van der Waals surface area contributed by atoms with Gasteiger partial charge in [-0.3, -0.25) is 4.98 Å². The van der Waals surface area contributed by atoms with Crippen molar-refractivity contribution in [3.63, 3.8) is 0 Å². The minimum Gasteiger partial charge on any atom is -0.378 e. The van der Waals surface area contributed by atoms with Crippen molar-refractivity contribution in [1.29, 1.82) is 5.26 Å². The van der Waals surface area contributed by atoms with Gasteiger partial charge >= 0.3 is 0 Å². The number of rotatable bonds is 11. The van der Waals surface area contributed by atoms with Crippen molar-refractivity contribution in [3.05, 3.63) is 112 Å². The Morgan fingerprint density at radius 3 is 2.57 bits per heavy atom. The lowest BCUT2D eigenvalue weighted by Crippen LogP contribution is -2.37. The van der Waals surface area contributed by atoms with Crippen LogP contribution in [0, 0.1) is 17.1 Å². The molecule has 11 heteroatoms. The molecule has 232 valence electrons. The molecule has 3 aromatic carbocycles. The minimum atomic E-state index is -0.867. The highest BCUT2D eigenvalue weighted by atomic mass is 35.5. The summed E-state index contributed by atoms with van der Waals surface area (Å²) in [6, 6.07) is 23.3. The quantitative estimate of drug-likeness (QED) is 0.163. The third-order valence-corrected chi connectivity index (χ3v) is 9.55. The molecule has 1 aliphatic carbocycles. The monoisotopic (exact) mass is 632 g/mol. The molecule has 0 unspecified atom stereocenters. The van der Waals surface area contributed by atoms with E-state index in [1.54, 1.807) is 18.3 Å². The SMILES string of the molecule is B[C@](Nc1cc(Cl)c2ncc(C#N)c(N[C@H](CCN3CCCC3)c3ccccc3)c2c1)(c1ccc(F)cc1)c1cn(C2CC2)nn1. The van der Waals surface area contributed by atoms with E-state index < -0.39 is 5.44 Å². The van der Waals surface area contributed by atoms with Gasteiger partial charge in [-0.2, -0.15) is 5.26 Å². The second-order valence-electron chi connectivity index (χ2n) is 12.5. The summed E-state index contributed by atoms with van der Waals surface area (Å²) in [7, 11) is 2.01. The van der Waals surface area contributed by atoms with Crippen molar-refractivity contribution in [2.75, 3.05) is 30.3 Å². The number of hydrogen-bond acceptors (Lipinski definition) is 7. The van der Waals surface area contributed by atoms with E-state index in [1.165, 1.54) is 25.0 Å². The molecule has 0 radical (unpaired) electrons. The first-order valence-electron chi connectivity index (χ1n) is 15.9. The van der Waals surface area contributed by atoms with Crippen LogP contribution < -0.4 is 10.6 Å². The molecule has 1 saturated heterocycles. The number of aromatic nitrogens is 4. The van der Waals surface area contributed by atoms with Gasteiger partial charge in [-0.05, 0) is 80.6 Å². The van der Waals surface area contributed by atoms with Crippen LogP contribution in [0.1, 0.15) is 66.6 Å². The van der Waals surface area contributed by atoms with Crippen molar-refractivity contribution in [3.8, 4) is 6.07 Å². The summed E-state index contributed by atoms with van der Waals surface area (Å²) in [4.78, 5) is 7.10. The maximum Gasteiger partial charge on any atom is 0.148 e. The van der Waals surface area contributed by atoms with E-state index in [2.05, 4.69) is 49.0 Å². The van der Waals surface area contributed by atoms with Crippen molar-refractivity contribution < 1.29 is 4.39 Å². The average Bonchev–Trinajstić information content (AvgIpc) is 3.54. The van der Waals surface area contributed by atoms with Crippen molar-refractivity contribution in [1.82, 2.24) is 24.9 Å². The van der Waals surface area contributed by atoms with Gasteiger partial charge in [0, 0.05) is 23.8 Å². The number of nitriles is 1. The van der Waals surface area contributed by atoms with E-state index >= 15 is 0 Å². The van der Waals surface area contributed by atoms with E-state index in [1.807, 2.05) is 49.1 Å². The van der Waals surface area contributed by atoms with E-state index in [-0.39, 0.29) is 11.9 Å². The second-order valence-corrected chi connectivity index (χ2v) is 12.9. The van der Waals surface area contributed by atoms with E-state index in [0.717, 1.165) is 55.4 Å². The van der Waals surface area contributed by atoms with Gasteiger partial charge in [-0.1, -0.05) is 59.3 Å². The molecule has 2 N–H and O–H groups in total. The Morgan fingerprint density at radius 2 is 1.85 bits per heavy atom. The highest BCUT2D eigenvalue weighted by molar-refractivity contribution is 6.36. The third kappa shape index (κ3) is 6.17. The summed E-state index contributed by atoms with van der Waals surface area (Å²) in [6.45, 7) is 3.20. The van der Waals surface area contributed by atoms with Crippen molar-refractivity contribution in [2.24, 2.45) is 0 Å². The highest BCUT2D eigenvalue weighted by Crippen LogP contribution is 2.39. The molecule has 0 bridgehead atoms. The number of likely N-dealkylation sites (tertiary alicyclic amines) is 1. The molecule has 2 aliphatic rings. The Hall–Kier alpha value is -4.46. The molecule has 2 atom stereocenters. The van der Waals surface area contributed by atoms with Crippen LogP contribution >= 0.6 is 11.6 Å². The Balaban J connectivity index is 1.29. The molecular formula is C35H35BClFN8. The number of benzene rings is 3.